The smallest absolute Gasteiger partial charge is 0.251 e. The Labute approximate surface area is 182 Å². The summed E-state index contributed by atoms with van der Waals surface area (Å²) >= 11 is 0. The molecule has 2 heterocycles. The molecule has 0 unspecified atom stereocenters. The average molecular weight is 415 g/mol. The Morgan fingerprint density at radius 3 is 2.65 bits per heavy atom. The maximum Gasteiger partial charge on any atom is 0.251 e. The number of fused-ring (bicyclic) bond motifs is 1. The third-order valence-corrected chi connectivity index (χ3v) is 5.03. The summed E-state index contributed by atoms with van der Waals surface area (Å²) in [6.07, 6.45) is 4.01. The molecule has 4 rings (SSSR count). The summed E-state index contributed by atoms with van der Waals surface area (Å²) in [7, 11) is 3.99. The van der Waals surface area contributed by atoms with Gasteiger partial charge in [-0.2, -0.15) is 0 Å². The van der Waals surface area contributed by atoms with Crippen molar-refractivity contribution in [1.82, 2.24) is 14.7 Å². The highest BCUT2D eigenvalue weighted by molar-refractivity contribution is 5.94. The van der Waals surface area contributed by atoms with Gasteiger partial charge in [0.2, 0.25) is 0 Å². The van der Waals surface area contributed by atoms with Crippen LogP contribution in [0.25, 0.3) is 5.65 Å². The largest absolute Gasteiger partial charge is 0.487 e. The third-order valence-electron chi connectivity index (χ3n) is 5.03. The number of pyridine rings is 1. The normalized spacial score (nSPS) is 10.8. The zero-order valence-corrected chi connectivity index (χ0v) is 18.0. The van der Waals surface area contributed by atoms with E-state index >= 15 is 0 Å². The fourth-order valence-corrected chi connectivity index (χ4v) is 3.31. The first-order valence-electron chi connectivity index (χ1n) is 10.2. The number of aryl methyl sites for hydroxylation is 1. The standard InChI is InChI=1S/C25H26N4O2/c1-18-7-12-24-27-21(16-29(24)15-18)17-31-23-10-8-20(9-11-23)25(30)26-14-19-5-4-6-22(13-19)28(2)3/h4-13,15-16H,14,17H2,1-3H3,(H,26,30). The molecule has 1 N–H and O–H groups in total. The van der Waals surface area contributed by atoms with Crippen LogP contribution in [0.1, 0.15) is 27.2 Å². The van der Waals surface area contributed by atoms with Crippen LogP contribution >= 0.6 is 0 Å². The number of carbonyl (C=O) groups excluding carboxylic acids is 1. The molecule has 0 spiro atoms. The Morgan fingerprint density at radius 1 is 1.06 bits per heavy atom. The van der Waals surface area contributed by atoms with Crippen molar-refractivity contribution in [1.29, 1.82) is 0 Å². The van der Waals surface area contributed by atoms with Crippen LogP contribution in [0.4, 0.5) is 5.69 Å². The Morgan fingerprint density at radius 2 is 1.87 bits per heavy atom. The molecule has 31 heavy (non-hydrogen) atoms. The number of nitrogens with zero attached hydrogens (tertiary/aromatic N) is 3. The maximum atomic E-state index is 12.5. The average Bonchev–Trinajstić information content (AvgIpc) is 3.18. The molecular weight excluding hydrogens is 388 g/mol. The second kappa shape index (κ2) is 8.92. The second-order valence-electron chi connectivity index (χ2n) is 7.76. The summed E-state index contributed by atoms with van der Waals surface area (Å²) in [6, 6.07) is 19.3. The minimum atomic E-state index is -0.113. The van der Waals surface area contributed by atoms with Crippen molar-refractivity contribution in [3.63, 3.8) is 0 Å². The number of ether oxygens (including phenoxy) is 1. The molecule has 158 valence electrons. The van der Waals surface area contributed by atoms with Gasteiger partial charge in [-0.05, 0) is 60.5 Å². The van der Waals surface area contributed by atoms with Gasteiger partial charge >= 0.3 is 0 Å². The number of imidazole rings is 1. The molecule has 0 aliphatic heterocycles. The van der Waals surface area contributed by atoms with E-state index in [4.69, 9.17) is 4.74 Å². The highest BCUT2D eigenvalue weighted by atomic mass is 16.5. The van der Waals surface area contributed by atoms with Gasteiger partial charge in [0.15, 0.2) is 0 Å². The Kier molecular flexibility index (Phi) is 5.89. The van der Waals surface area contributed by atoms with Crippen molar-refractivity contribution in [2.45, 2.75) is 20.1 Å². The summed E-state index contributed by atoms with van der Waals surface area (Å²) in [5.74, 6) is 0.584. The first kappa shape index (κ1) is 20.5. The van der Waals surface area contributed by atoms with Gasteiger partial charge in [-0.25, -0.2) is 4.98 Å². The van der Waals surface area contributed by atoms with Crippen molar-refractivity contribution < 1.29 is 9.53 Å². The monoisotopic (exact) mass is 414 g/mol. The summed E-state index contributed by atoms with van der Waals surface area (Å²) in [6.45, 7) is 2.90. The highest BCUT2D eigenvalue weighted by Gasteiger charge is 2.07. The molecule has 0 saturated carbocycles. The van der Waals surface area contributed by atoms with Crippen LogP contribution in [0.5, 0.6) is 5.75 Å². The number of hydrogen-bond donors (Lipinski definition) is 1. The van der Waals surface area contributed by atoms with Crippen molar-refractivity contribution in [2.75, 3.05) is 19.0 Å². The minimum absolute atomic E-state index is 0.113. The number of hydrogen-bond acceptors (Lipinski definition) is 4. The number of amides is 1. The van der Waals surface area contributed by atoms with Gasteiger partial charge in [-0.3, -0.25) is 4.79 Å². The SMILES string of the molecule is Cc1ccc2nc(COc3ccc(C(=O)NCc4cccc(N(C)C)c4)cc3)cn2c1. The van der Waals surface area contributed by atoms with Gasteiger partial charge in [0.25, 0.3) is 5.91 Å². The molecule has 6 heteroatoms. The van der Waals surface area contributed by atoms with Crippen LogP contribution in [0, 0.1) is 6.92 Å². The van der Waals surface area contributed by atoms with E-state index < -0.39 is 0 Å². The molecule has 0 fully saturated rings. The van der Waals surface area contributed by atoms with Crippen LogP contribution in [0.2, 0.25) is 0 Å². The fourth-order valence-electron chi connectivity index (χ4n) is 3.31. The van der Waals surface area contributed by atoms with Gasteiger partial charge in [0.1, 0.15) is 18.0 Å². The topological polar surface area (TPSA) is 58.9 Å². The van der Waals surface area contributed by atoms with E-state index in [-0.39, 0.29) is 5.91 Å². The molecule has 0 radical (unpaired) electrons. The fraction of sp³-hybridized carbons (Fsp3) is 0.200. The predicted molar refractivity (Wildman–Crippen MR) is 123 cm³/mol. The molecule has 4 aromatic rings. The van der Waals surface area contributed by atoms with E-state index in [1.54, 1.807) is 12.1 Å². The second-order valence-corrected chi connectivity index (χ2v) is 7.76. The predicted octanol–water partition coefficient (Wildman–Crippen LogP) is 4.22. The quantitative estimate of drug-likeness (QED) is 0.492. The van der Waals surface area contributed by atoms with Gasteiger partial charge in [-0.15, -0.1) is 0 Å². The lowest BCUT2D eigenvalue weighted by atomic mass is 10.1. The Balaban J connectivity index is 1.32. The van der Waals surface area contributed by atoms with Gasteiger partial charge in [0.05, 0.1) is 5.69 Å². The molecule has 2 aromatic heterocycles. The molecule has 0 saturated heterocycles. The van der Waals surface area contributed by atoms with Crippen LogP contribution in [-0.4, -0.2) is 29.4 Å². The molecule has 0 bridgehead atoms. The number of anilines is 1. The van der Waals surface area contributed by atoms with E-state index in [0.29, 0.717) is 24.5 Å². The number of carbonyl (C=O) groups is 1. The first-order chi connectivity index (χ1) is 15.0. The van der Waals surface area contributed by atoms with Crippen LogP contribution in [-0.2, 0) is 13.2 Å². The van der Waals surface area contributed by atoms with Crippen LogP contribution < -0.4 is 15.0 Å². The van der Waals surface area contributed by atoms with E-state index in [9.17, 15) is 4.79 Å². The Hall–Kier alpha value is -3.80. The molecule has 6 nitrogen and oxygen atoms in total. The van der Waals surface area contributed by atoms with Gasteiger partial charge in [0, 0.05) is 44.3 Å². The van der Waals surface area contributed by atoms with E-state index in [1.807, 2.05) is 85.2 Å². The zero-order valence-electron chi connectivity index (χ0n) is 18.0. The lowest BCUT2D eigenvalue weighted by molar-refractivity contribution is 0.0951. The minimum Gasteiger partial charge on any atom is -0.487 e. The molecule has 1 amide bonds. The first-order valence-corrected chi connectivity index (χ1v) is 10.2. The van der Waals surface area contributed by atoms with Crippen molar-refractivity contribution in [2.24, 2.45) is 0 Å². The molecule has 0 atom stereocenters. The molecule has 0 aliphatic rings. The lowest BCUT2D eigenvalue weighted by Gasteiger charge is -2.14. The molecule has 2 aromatic carbocycles. The molecule has 0 aliphatic carbocycles. The van der Waals surface area contributed by atoms with Crippen LogP contribution in [0.3, 0.4) is 0 Å². The Bertz CT molecular complexity index is 1200. The van der Waals surface area contributed by atoms with E-state index in [2.05, 4.69) is 16.4 Å². The van der Waals surface area contributed by atoms with Crippen molar-refractivity contribution in [3.8, 4) is 5.75 Å². The van der Waals surface area contributed by atoms with Gasteiger partial charge < -0.3 is 19.4 Å². The van der Waals surface area contributed by atoms with Crippen LogP contribution in [0.15, 0.2) is 73.1 Å². The maximum absolute atomic E-state index is 12.5. The number of aromatic nitrogens is 2. The summed E-state index contributed by atoms with van der Waals surface area (Å²) in [4.78, 5) is 19.1. The number of rotatable bonds is 7. The van der Waals surface area contributed by atoms with Crippen molar-refractivity contribution in [3.05, 3.63) is 95.4 Å². The van der Waals surface area contributed by atoms with Gasteiger partial charge in [-0.1, -0.05) is 18.2 Å². The summed E-state index contributed by atoms with van der Waals surface area (Å²) in [5.41, 5.74) is 5.69. The number of benzene rings is 2. The molecular formula is C25H26N4O2. The van der Waals surface area contributed by atoms with E-state index in [1.165, 1.54) is 5.56 Å². The zero-order chi connectivity index (χ0) is 21.8. The summed E-state index contributed by atoms with van der Waals surface area (Å²) in [5, 5.41) is 2.97. The van der Waals surface area contributed by atoms with E-state index in [0.717, 1.165) is 22.6 Å². The lowest BCUT2D eigenvalue weighted by Crippen LogP contribution is -2.22. The third kappa shape index (κ3) is 5.04. The highest BCUT2D eigenvalue weighted by Crippen LogP contribution is 2.16. The van der Waals surface area contributed by atoms with Crippen molar-refractivity contribution >= 4 is 17.2 Å². The summed E-state index contributed by atoms with van der Waals surface area (Å²) < 4.78 is 7.83. The number of nitrogens with one attached hydrogen (secondary N) is 1.